The molecule has 1 aliphatic carbocycles. The molecule has 3 nitrogen and oxygen atoms in total. The monoisotopic (exact) mass is 226 g/mol. The number of carbonyl (C=O) groups is 1. The molecule has 1 fully saturated rings. The van der Waals surface area contributed by atoms with Gasteiger partial charge in [0.25, 0.3) is 0 Å². The average molecular weight is 226 g/mol. The molecule has 0 radical (unpaired) electrons. The maximum absolute atomic E-state index is 11.8. The quantitative estimate of drug-likeness (QED) is 0.785. The van der Waals surface area contributed by atoms with Crippen molar-refractivity contribution in [1.82, 2.24) is 10.2 Å². The molecule has 0 saturated heterocycles. The lowest BCUT2D eigenvalue weighted by Crippen LogP contribution is -2.40. The largest absolute Gasteiger partial charge is 0.338 e. The number of hydrogen-bond acceptors (Lipinski definition) is 1. The number of hydrogen-bond donors (Lipinski definition) is 1. The van der Waals surface area contributed by atoms with E-state index >= 15 is 0 Å². The highest BCUT2D eigenvalue weighted by Gasteiger charge is 2.64. The van der Waals surface area contributed by atoms with Crippen molar-refractivity contribution in [2.24, 2.45) is 16.7 Å². The SMILES string of the molecule is CCN(CC)C(=O)NCC1C(C)(C)C1(C)C. The summed E-state index contributed by atoms with van der Waals surface area (Å²) in [6.07, 6.45) is 0. The number of amides is 2. The van der Waals surface area contributed by atoms with Crippen molar-refractivity contribution >= 4 is 6.03 Å². The van der Waals surface area contributed by atoms with Crippen molar-refractivity contribution in [3.63, 3.8) is 0 Å². The van der Waals surface area contributed by atoms with Gasteiger partial charge in [-0.3, -0.25) is 0 Å². The van der Waals surface area contributed by atoms with E-state index in [0.717, 1.165) is 19.6 Å². The fourth-order valence-corrected chi connectivity index (χ4v) is 2.66. The zero-order valence-electron chi connectivity index (χ0n) is 11.6. The second-order valence-electron chi connectivity index (χ2n) is 5.85. The summed E-state index contributed by atoms with van der Waals surface area (Å²) in [6.45, 7) is 15.5. The first kappa shape index (κ1) is 13.3. The zero-order valence-corrected chi connectivity index (χ0v) is 11.6. The van der Waals surface area contributed by atoms with Gasteiger partial charge in [0.1, 0.15) is 0 Å². The normalized spacial score (nSPS) is 21.6. The minimum atomic E-state index is 0.0727. The first-order valence-electron chi connectivity index (χ1n) is 6.31. The molecule has 0 heterocycles. The van der Waals surface area contributed by atoms with Crippen LogP contribution in [-0.4, -0.2) is 30.6 Å². The first-order chi connectivity index (χ1) is 7.29. The highest BCUT2D eigenvalue weighted by Crippen LogP contribution is 2.67. The van der Waals surface area contributed by atoms with Gasteiger partial charge in [0.15, 0.2) is 0 Å². The Morgan fingerprint density at radius 3 is 1.88 bits per heavy atom. The van der Waals surface area contributed by atoms with Gasteiger partial charge < -0.3 is 10.2 Å². The van der Waals surface area contributed by atoms with Gasteiger partial charge in [-0.25, -0.2) is 4.79 Å². The van der Waals surface area contributed by atoms with E-state index in [1.807, 2.05) is 18.7 Å². The van der Waals surface area contributed by atoms with Crippen molar-refractivity contribution in [2.45, 2.75) is 41.5 Å². The summed E-state index contributed by atoms with van der Waals surface area (Å²) in [5.74, 6) is 0.597. The van der Waals surface area contributed by atoms with Crippen LogP contribution in [0.15, 0.2) is 0 Å². The lowest BCUT2D eigenvalue weighted by atomic mass is 10.0. The molecule has 0 spiro atoms. The molecule has 1 N–H and O–H groups in total. The number of urea groups is 1. The Balaban J connectivity index is 2.40. The Morgan fingerprint density at radius 2 is 1.56 bits per heavy atom. The van der Waals surface area contributed by atoms with Crippen LogP contribution in [0, 0.1) is 16.7 Å². The Labute approximate surface area is 99.6 Å². The fourth-order valence-electron chi connectivity index (χ4n) is 2.66. The molecule has 0 unspecified atom stereocenters. The van der Waals surface area contributed by atoms with Crippen molar-refractivity contribution < 1.29 is 4.79 Å². The summed E-state index contributed by atoms with van der Waals surface area (Å²) in [7, 11) is 0. The van der Waals surface area contributed by atoms with Crippen LogP contribution in [0.4, 0.5) is 4.79 Å². The predicted molar refractivity (Wildman–Crippen MR) is 67.4 cm³/mol. The number of nitrogens with zero attached hydrogens (tertiary/aromatic N) is 1. The molecular weight excluding hydrogens is 200 g/mol. The van der Waals surface area contributed by atoms with Crippen LogP contribution in [0.5, 0.6) is 0 Å². The molecule has 1 saturated carbocycles. The summed E-state index contributed by atoms with van der Waals surface area (Å²) < 4.78 is 0. The minimum Gasteiger partial charge on any atom is -0.338 e. The van der Waals surface area contributed by atoms with Crippen molar-refractivity contribution in [3.05, 3.63) is 0 Å². The van der Waals surface area contributed by atoms with Crippen LogP contribution < -0.4 is 5.32 Å². The van der Waals surface area contributed by atoms with E-state index in [4.69, 9.17) is 0 Å². The first-order valence-corrected chi connectivity index (χ1v) is 6.31. The van der Waals surface area contributed by atoms with Crippen molar-refractivity contribution in [3.8, 4) is 0 Å². The highest BCUT2D eigenvalue weighted by molar-refractivity contribution is 5.74. The molecule has 0 aromatic carbocycles. The summed E-state index contributed by atoms with van der Waals surface area (Å²) in [4.78, 5) is 13.6. The second kappa shape index (κ2) is 4.27. The molecule has 0 aromatic rings. The molecular formula is C13H26N2O. The fraction of sp³-hybridized carbons (Fsp3) is 0.923. The molecule has 0 atom stereocenters. The third-order valence-electron chi connectivity index (χ3n) is 4.83. The zero-order chi connectivity index (χ0) is 12.6. The summed E-state index contributed by atoms with van der Waals surface area (Å²) in [5, 5.41) is 3.04. The second-order valence-corrected chi connectivity index (χ2v) is 5.85. The Hall–Kier alpha value is -0.730. The van der Waals surface area contributed by atoms with E-state index < -0.39 is 0 Å². The lowest BCUT2D eigenvalue weighted by molar-refractivity contribution is 0.202. The van der Waals surface area contributed by atoms with Crippen LogP contribution in [0.3, 0.4) is 0 Å². The molecule has 3 heteroatoms. The topological polar surface area (TPSA) is 32.3 Å². The molecule has 1 aliphatic rings. The Kier molecular flexibility index (Phi) is 3.56. The smallest absolute Gasteiger partial charge is 0.317 e. The van der Waals surface area contributed by atoms with Gasteiger partial charge in [-0.2, -0.15) is 0 Å². The van der Waals surface area contributed by atoms with Gasteiger partial charge >= 0.3 is 6.03 Å². The molecule has 94 valence electrons. The van der Waals surface area contributed by atoms with Crippen LogP contribution in [0.25, 0.3) is 0 Å². The molecule has 2 amide bonds. The summed E-state index contributed by atoms with van der Waals surface area (Å²) >= 11 is 0. The van der Waals surface area contributed by atoms with Crippen molar-refractivity contribution in [2.75, 3.05) is 19.6 Å². The van der Waals surface area contributed by atoms with Gasteiger partial charge in [0.2, 0.25) is 0 Å². The van der Waals surface area contributed by atoms with E-state index in [0.29, 0.717) is 16.7 Å². The highest BCUT2D eigenvalue weighted by atomic mass is 16.2. The minimum absolute atomic E-state index is 0.0727. The van der Waals surface area contributed by atoms with Gasteiger partial charge in [0.05, 0.1) is 0 Å². The van der Waals surface area contributed by atoms with Crippen LogP contribution in [0.2, 0.25) is 0 Å². The summed E-state index contributed by atoms with van der Waals surface area (Å²) in [6, 6.07) is 0.0727. The van der Waals surface area contributed by atoms with Crippen LogP contribution in [0.1, 0.15) is 41.5 Å². The van der Waals surface area contributed by atoms with E-state index in [1.165, 1.54) is 0 Å². The summed E-state index contributed by atoms with van der Waals surface area (Å²) in [5.41, 5.74) is 0.701. The number of rotatable bonds is 4. The van der Waals surface area contributed by atoms with E-state index in [9.17, 15) is 4.79 Å². The third-order valence-corrected chi connectivity index (χ3v) is 4.83. The predicted octanol–water partition coefficient (Wildman–Crippen LogP) is 2.72. The molecule has 1 rings (SSSR count). The molecule has 16 heavy (non-hydrogen) atoms. The van der Waals surface area contributed by atoms with Crippen LogP contribution in [-0.2, 0) is 0 Å². The molecule has 0 aliphatic heterocycles. The standard InChI is InChI=1S/C13H26N2O/c1-7-15(8-2)11(16)14-9-10-12(3,4)13(10,5)6/h10H,7-9H2,1-6H3,(H,14,16). The van der Waals surface area contributed by atoms with Gasteiger partial charge in [-0.05, 0) is 30.6 Å². The maximum atomic E-state index is 11.8. The van der Waals surface area contributed by atoms with Crippen LogP contribution >= 0.6 is 0 Å². The van der Waals surface area contributed by atoms with E-state index in [1.54, 1.807) is 0 Å². The van der Waals surface area contributed by atoms with E-state index in [-0.39, 0.29) is 6.03 Å². The molecule has 0 bridgehead atoms. The lowest BCUT2D eigenvalue weighted by Gasteiger charge is -2.19. The Bertz CT molecular complexity index is 253. The van der Waals surface area contributed by atoms with Gasteiger partial charge in [-0.1, -0.05) is 27.7 Å². The average Bonchev–Trinajstić information content (AvgIpc) is 2.57. The van der Waals surface area contributed by atoms with E-state index in [2.05, 4.69) is 33.0 Å². The Morgan fingerprint density at radius 1 is 1.12 bits per heavy atom. The number of carbonyl (C=O) groups excluding carboxylic acids is 1. The van der Waals surface area contributed by atoms with Gasteiger partial charge in [0, 0.05) is 19.6 Å². The van der Waals surface area contributed by atoms with Gasteiger partial charge in [-0.15, -0.1) is 0 Å². The number of nitrogens with one attached hydrogen (secondary N) is 1. The van der Waals surface area contributed by atoms with Crippen molar-refractivity contribution in [1.29, 1.82) is 0 Å². The maximum Gasteiger partial charge on any atom is 0.317 e. The third kappa shape index (κ3) is 2.04. The molecule has 0 aromatic heterocycles.